The van der Waals surface area contributed by atoms with Gasteiger partial charge in [-0.05, 0) is 50.0 Å². The van der Waals surface area contributed by atoms with Gasteiger partial charge in [0, 0.05) is 43.5 Å². The quantitative estimate of drug-likeness (QED) is 0.271. The normalized spacial score (nSPS) is 21.6. The maximum absolute atomic E-state index is 12.5. The Balaban J connectivity index is 0.00000261. The van der Waals surface area contributed by atoms with Crippen LogP contribution in [0.2, 0.25) is 0 Å². The van der Waals surface area contributed by atoms with Crippen molar-refractivity contribution < 1.29 is 4.79 Å². The van der Waals surface area contributed by atoms with Crippen LogP contribution in [0, 0.1) is 0 Å². The van der Waals surface area contributed by atoms with Crippen LogP contribution < -0.4 is 15.5 Å². The molecule has 0 spiro atoms. The van der Waals surface area contributed by atoms with Gasteiger partial charge in [0.2, 0.25) is 5.91 Å². The highest BCUT2D eigenvalue weighted by Crippen LogP contribution is 2.36. The van der Waals surface area contributed by atoms with Crippen molar-refractivity contribution in [3.8, 4) is 0 Å². The van der Waals surface area contributed by atoms with Crippen LogP contribution >= 0.6 is 35.7 Å². The standard InChI is InChI=1S/C20H30N4OS.HI/c1-20(11-6-14-26-20)15-23-19(21-2)22-12-5-9-18(25)24-13-10-16-7-3-4-8-17(16)24;/h3-4,7-8H,5-6,9-15H2,1-2H3,(H2,21,22,23);1H. The fraction of sp³-hybridized carbons (Fsp3) is 0.600. The molecule has 1 fully saturated rings. The van der Waals surface area contributed by atoms with Gasteiger partial charge in [-0.2, -0.15) is 11.8 Å². The molecular weight excluding hydrogens is 471 g/mol. The van der Waals surface area contributed by atoms with Crippen LogP contribution in [0.5, 0.6) is 0 Å². The van der Waals surface area contributed by atoms with E-state index in [0.29, 0.717) is 11.2 Å². The summed E-state index contributed by atoms with van der Waals surface area (Å²) in [5.41, 5.74) is 2.37. The number of aliphatic imine (C=N–C) groups is 1. The Labute approximate surface area is 184 Å². The molecule has 1 aromatic rings. The Bertz CT molecular complexity index is 661. The molecule has 0 bridgehead atoms. The van der Waals surface area contributed by atoms with Crippen molar-refractivity contribution in [2.24, 2.45) is 4.99 Å². The summed E-state index contributed by atoms with van der Waals surface area (Å²) in [4.78, 5) is 18.7. The van der Waals surface area contributed by atoms with Gasteiger partial charge in [-0.15, -0.1) is 24.0 Å². The van der Waals surface area contributed by atoms with Crippen molar-refractivity contribution >= 4 is 53.3 Å². The molecule has 2 aliphatic rings. The summed E-state index contributed by atoms with van der Waals surface area (Å²) in [6.07, 6.45) is 4.90. The van der Waals surface area contributed by atoms with Crippen LogP contribution in [-0.2, 0) is 11.2 Å². The van der Waals surface area contributed by atoms with E-state index < -0.39 is 0 Å². The summed E-state index contributed by atoms with van der Waals surface area (Å²) in [6, 6.07) is 8.21. The van der Waals surface area contributed by atoms with Crippen LogP contribution in [0.3, 0.4) is 0 Å². The molecule has 2 aliphatic heterocycles. The van der Waals surface area contributed by atoms with E-state index in [1.54, 1.807) is 7.05 Å². The third-order valence-corrected chi connectivity index (χ3v) is 6.74. The SMILES string of the molecule is CN=C(NCCCC(=O)N1CCc2ccccc21)NCC1(C)CCCS1.I. The fourth-order valence-electron chi connectivity index (χ4n) is 3.65. The van der Waals surface area contributed by atoms with Crippen molar-refractivity contribution in [3.63, 3.8) is 0 Å². The number of nitrogens with one attached hydrogen (secondary N) is 2. The van der Waals surface area contributed by atoms with E-state index in [1.807, 2.05) is 34.9 Å². The predicted octanol–water partition coefficient (Wildman–Crippen LogP) is 3.42. The van der Waals surface area contributed by atoms with Gasteiger partial charge in [-0.3, -0.25) is 9.79 Å². The van der Waals surface area contributed by atoms with E-state index in [-0.39, 0.29) is 29.9 Å². The molecule has 7 heteroatoms. The summed E-state index contributed by atoms with van der Waals surface area (Å²) in [7, 11) is 1.80. The second-order valence-electron chi connectivity index (χ2n) is 7.28. The van der Waals surface area contributed by atoms with Gasteiger partial charge in [0.25, 0.3) is 0 Å². The zero-order chi connectivity index (χ0) is 18.4. The molecule has 1 saturated heterocycles. The number of benzene rings is 1. The molecule has 1 unspecified atom stereocenters. The first kappa shape index (κ1) is 22.3. The second kappa shape index (κ2) is 10.5. The van der Waals surface area contributed by atoms with Gasteiger partial charge in [0.1, 0.15) is 0 Å². The maximum atomic E-state index is 12.5. The summed E-state index contributed by atoms with van der Waals surface area (Å²) < 4.78 is 0.316. The molecule has 1 aromatic carbocycles. The minimum Gasteiger partial charge on any atom is -0.356 e. The lowest BCUT2D eigenvalue weighted by Crippen LogP contribution is -2.44. The number of fused-ring (bicyclic) bond motifs is 1. The molecule has 0 saturated carbocycles. The van der Waals surface area contributed by atoms with Gasteiger partial charge >= 0.3 is 0 Å². The maximum Gasteiger partial charge on any atom is 0.227 e. The van der Waals surface area contributed by atoms with Crippen molar-refractivity contribution in [1.29, 1.82) is 0 Å². The summed E-state index contributed by atoms with van der Waals surface area (Å²) in [5.74, 6) is 2.30. The van der Waals surface area contributed by atoms with Gasteiger partial charge < -0.3 is 15.5 Å². The third kappa shape index (κ3) is 6.01. The average Bonchev–Trinajstić information content (AvgIpc) is 3.27. The van der Waals surface area contributed by atoms with Crippen LogP contribution in [0.1, 0.15) is 38.2 Å². The van der Waals surface area contributed by atoms with Crippen LogP contribution in [0.25, 0.3) is 0 Å². The van der Waals surface area contributed by atoms with E-state index in [9.17, 15) is 4.79 Å². The Morgan fingerprint density at radius 1 is 1.33 bits per heavy atom. The number of hydrogen-bond acceptors (Lipinski definition) is 3. The lowest BCUT2D eigenvalue weighted by atomic mass is 10.1. The topological polar surface area (TPSA) is 56.7 Å². The number of para-hydroxylation sites is 1. The molecule has 150 valence electrons. The monoisotopic (exact) mass is 502 g/mol. The fourth-order valence-corrected chi connectivity index (χ4v) is 4.89. The first-order valence-electron chi connectivity index (χ1n) is 9.58. The number of nitrogens with zero attached hydrogens (tertiary/aromatic N) is 2. The zero-order valence-corrected chi connectivity index (χ0v) is 19.4. The molecule has 1 amide bonds. The number of guanidine groups is 1. The summed E-state index contributed by atoms with van der Waals surface area (Å²) in [5, 5.41) is 6.77. The summed E-state index contributed by atoms with van der Waals surface area (Å²) in [6.45, 7) is 4.81. The molecule has 2 heterocycles. The highest BCUT2D eigenvalue weighted by Gasteiger charge is 2.29. The number of carbonyl (C=O) groups is 1. The molecule has 0 radical (unpaired) electrons. The largest absolute Gasteiger partial charge is 0.356 e. The smallest absolute Gasteiger partial charge is 0.227 e. The predicted molar refractivity (Wildman–Crippen MR) is 127 cm³/mol. The minimum atomic E-state index is 0. The van der Waals surface area contributed by atoms with Crippen LogP contribution in [-0.4, -0.2) is 49.0 Å². The molecule has 1 atom stereocenters. The Morgan fingerprint density at radius 2 is 2.15 bits per heavy atom. The van der Waals surface area contributed by atoms with E-state index >= 15 is 0 Å². The number of hydrogen-bond donors (Lipinski definition) is 2. The van der Waals surface area contributed by atoms with Gasteiger partial charge in [-0.1, -0.05) is 18.2 Å². The molecule has 5 nitrogen and oxygen atoms in total. The number of carbonyl (C=O) groups excluding carboxylic acids is 1. The van der Waals surface area contributed by atoms with E-state index in [1.165, 1.54) is 24.2 Å². The molecule has 2 N–H and O–H groups in total. The van der Waals surface area contributed by atoms with E-state index in [2.05, 4.69) is 28.6 Å². The highest BCUT2D eigenvalue weighted by atomic mass is 127. The van der Waals surface area contributed by atoms with Gasteiger partial charge in [0.15, 0.2) is 5.96 Å². The number of thioether (sulfide) groups is 1. The van der Waals surface area contributed by atoms with E-state index in [0.717, 1.165) is 44.1 Å². The Kier molecular flexibility index (Phi) is 8.72. The highest BCUT2D eigenvalue weighted by molar-refractivity contribution is 14.0. The van der Waals surface area contributed by atoms with Crippen molar-refractivity contribution in [2.45, 2.75) is 43.8 Å². The van der Waals surface area contributed by atoms with Gasteiger partial charge in [-0.25, -0.2) is 0 Å². The molecular formula is C20H31IN4OS. The second-order valence-corrected chi connectivity index (χ2v) is 8.96. The lowest BCUT2D eigenvalue weighted by Gasteiger charge is -2.24. The lowest BCUT2D eigenvalue weighted by molar-refractivity contribution is -0.118. The molecule has 0 aliphatic carbocycles. The van der Waals surface area contributed by atoms with Crippen LogP contribution in [0.15, 0.2) is 29.3 Å². The number of amides is 1. The van der Waals surface area contributed by atoms with Crippen molar-refractivity contribution in [2.75, 3.05) is 37.3 Å². The number of anilines is 1. The molecule has 3 rings (SSSR count). The first-order chi connectivity index (χ1) is 12.6. The van der Waals surface area contributed by atoms with Gasteiger partial charge in [0.05, 0.1) is 0 Å². The Hall–Kier alpha value is -0.960. The number of halogens is 1. The average molecular weight is 502 g/mol. The molecule has 0 aromatic heterocycles. The van der Waals surface area contributed by atoms with Crippen LogP contribution in [0.4, 0.5) is 5.69 Å². The first-order valence-corrected chi connectivity index (χ1v) is 10.6. The van der Waals surface area contributed by atoms with Crippen molar-refractivity contribution in [3.05, 3.63) is 29.8 Å². The number of rotatable bonds is 6. The molecule has 27 heavy (non-hydrogen) atoms. The Morgan fingerprint density at radius 3 is 2.89 bits per heavy atom. The minimum absolute atomic E-state index is 0. The summed E-state index contributed by atoms with van der Waals surface area (Å²) >= 11 is 2.04. The van der Waals surface area contributed by atoms with Crippen molar-refractivity contribution in [1.82, 2.24) is 10.6 Å². The zero-order valence-electron chi connectivity index (χ0n) is 16.3. The van der Waals surface area contributed by atoms with E-state index in [4.69, 9.17) is 0 Å². The third-order valence-electron chi connectivity index (χ3n) is 5.20.